The molecule has 0 atom stereocenters. The fourth-order valence-electron chi connectivity index (χ4n) is 5.40. The summed E-state index contributed by atoms with van der Waals surface area (Å²) in [5, 5.41) is 0. The minimum atomic E-state index is -0.982. The van der Waals surface area contributed by atoms with E-state index in [0.717, 1.165) is 40.2 Å². The van der Waals surface area contributed by atoms with Crippen LogP contribution >= 0.6 is 0 Å². The molecule has 0 aliphatic carbocycles. The molecule has 1 heterocycles. The molecule has 5 rings (SSSR count). The summed E-state index contributed by atoms with van der Waals surface area (Å²) in [4.78, 5) is 4.30. The first-order valence-corrected chi connectivity index (χ1v) is 13.5. The molecule has 0 aromatic heterocycles. The van der Waals surface area contributed by atoms with Crippen LogP contribution in [0.2, 0.25) is 0 Å². The van der Waals surface area contributed by atoms with E-state index in [0.29, 0.717) is 13.2 Å². The molecule has 40 heavy (non-hydrogen) atoms. The van der Waals surface area contributed by atoms with Gasteiger partial charge < -0.3 is 28.7 Å². The average Bonchev–Trinajstić information content (AvgIpc) is 3.51. The van der Waals surface area contributed by atoms with E-state index in [4.69, 9.17) is 18.9 Å². The second kappa shape index (κ2) is 11.8. The van der Waals surface area contributed by atoms with Crippen molar-refractivity contribution in [2.45, 2.75) is 18.1 Å². The van der Waals surface area contributed by atoms with E-state index in [2.05, 4.69) is 102 Å². The Balaban J connectivity index is 1.32. The number of anilines is 2. The molecular weight excluding hydrogens is 500 g/mol. The van der Waals surface area contributed by atoms with Gasteiger partial charge in [0.05, 0.1) is 13.2 Å². The van der Waals surface area contributed by atoms with E-state index in [1.807, 2.05) is 32.3 Å². The van der Waals surface area contributed by atoms with Crippen molar-refractivity contribution in [1.29, 1.82) is 0 Å². The Morgan fingerprint density at radius 1 is 0.650 bits per heavy atom. The molecule has 4 aromatic rings. The minimum Gasteiger partial charge on any atom is -0.378 e. The van der Waals surface area contributed by atoms with Gasteiger partial charge in [-0.3, -0.25) is 0 Å². The Morgan fingerprint density at radius 3 is 1.68 bits per heavy atom. The van der Waals surface area contributed by atoms with Gasteiger partial charge in [-0.25, -0.2) is 0 Å². The maximum absolute atomic E-state index is 6.16. The van der Waals surface area contributed by atoms with Gasteiger partial charge in [0, 0.05) is 75.5 Å². The zero-order valence-electron chi connectivity index (χ0n) is 24.0. The lowest BCUT2D eigenvalue weighted by Crippen LogP contribution is -2.32. The van der Waals surface area contributed by atoms with E-state index in [9.17, 15) is 0 Å². The molecule has 0 N–H and O–H groups in total. The number of ether oxygens (including phenoxy) is 4. The van der Waals surface area contributed by atoms with E-state index in [1.54, 1.807) is 14.2 Å². The maximum atomic E-state index is 6.16. The summed E-state index contributed by atoms with van der Waals surface area (Å²) in [6.07, 6.45) is 0. The van der Waals surface area contributed by atoms with Crippen LogP contribution in [0.15, 0.2) is 103 Å². The van der Waals surface area contributed by atoms with E-state index >= 15 is 0 Å². The van der Waals surface area contributed by atoms with E-state index in [1.165, 1.54) is 5.56 Å². The van der Waals surface area contributed by atoms with Crippen LogP contribution in [0, 0.1) is 0 Å². The van der Waals surface area contributed by atoms with Crippen LogP contribution in [0.5, 0.6) is 0 Å². The predicted molar refractivity (Wildman–Crippen MR) is 160 cm³/mol. The number of hydrogen-bond donors (Lipinski definition) is 0. The second-order valence-corrected chi connectivity index (χ2v) is 10.2. The Hall–Kier alpha value is -3.68. The van der Waals surface area contributed by atoms with Crippen LogP contribution in [0.3, 0.4) is 0 Å². The zero-order valence-corrected chi connectivity index (χ0v) is 24.0. The molecule has 0 unspecified atom stereocenters. The lowest BCUT2D eigenvalue weighted by molar-refractivity contribution is -0.183. The summed E-state index contributed by atoms with van der Waals surface area (Å²) < 4.78 is 24.3. The summed E-state index contributed by atoms with van der Waals surface area (Å²) >= 11 is 0. The Bertz CT molecular complexity index is 1360. The van der Waals surface area contributed by atoms with Crippen molar-refractivity contribution in [3.63, 3.8) is 0 Å². The highest BCUT2D eigenvalue weighted by Crippen LogP contribution is 2.39. The summed E-state index contributed by atoms with van der Waals surface area (Å²) in [6, 6.07) is 35.2. The van der Waals surface area contributed by atoms with Crippen LogP contribution < -0.4 is 9.80 Å². The van der Waals surface area contributed by atoms with Crippen molar-refractivity contribution < 1.29 is 18.9 Å². The Kier molecular flexibility index (Phi) is 8.24. The molecule has 1 aliphatic heterocycles. The molecule has 1 aliphatic rings. The maximum Gasteiger partial charge on any atom is 0.222 e. The molecule has 6 heteroatoms. The average molecular weight is 539 g/mol. The number of benzene rings is 4. The minimum absolute atomic E-state index is 0.571. The van der Waals surface area contributed by atoms with Crippen LogP contribution in [0.25, 0.3) is 0 Å². The highest BCUT2D eigenvalue weighted by molar-refractivity contribution is 5.51. The summed E-state index contributed by atoms with van der Waals surface area (Å²) in [5.41, 5.74) is 7.29. The third-order valence-electron chi connectivity index (χ3n) is 7.63. The SMILES string of the molecule is COC(OC)(c1ccc(CN(C)c2ccc(C3(c4ccccc4)OCCO3)cc2)cc1)c1ccc(N(C)C)cc1. The van der Waals surface area contributed by atoms with Gasteiger partial charge in [0.25, 0.3) is 0 Å². The molecule has 1 fully saturated rings. The first-order chi connectivity index (χ1) is 19.4. The van der Waals surface area contributed by atoms with Crippen LogP contribution in [-0.2, 0) is 37.1 Å². The lowest BCUT2D eigenvalue weighted by atomic mass is 9.95. The molecule has 0 bridgehead atoms. The first kappa shape index (κ1) is 27.9. The van der Waals surface area contributed by atoms with Gasteiger partial charge in [0.2, 0.25) is 11.6 Å². The molecular formula is C34H38N2O4. The van der Waals surface area contributed by atoms with E-state index in [-0.39, 0.29) is 0 Å². The summed E-state index contributed by atoms with van der Waals surface area (Å²) in [6.45, 7) is 1.89. The Morgan fingerprint density at radius 2 is 1.15 bits per heavy atom. The quantitative estimate of drug-likeness (QED) is 0.226. The third-order valence-corrected chi connectivity index (χ3v) is 7.63. The molecule has 0 spiro atoms. The number of methoxy groups -OCH3 is 2. The molecule has 6 nitrogen and oxygen atoms in total. The molecule has 4 aromatic carbocycles. The Labute approximate surface area is 237 Å². The highest BCUT2D eigenvalue weighted by Gasteiger charge is 2.40. The van der Waals surface area contributed by atoms with Crippen molar-refractivity contribution >= 4 is 11.4 Å². The van der Waals surface area contributed by atoms with Gasteiger partial charge in [-0.15, -0.1) is 0 Å². The molecule has 1 saturated heterocycles. The predicted octanol–water partition coefficient (Wildman–Crippen LogP) is 6.13. The number of hydrogen-bond acceptors (Lipinski definition) is 6. The smallest absolute Gasteiger partial charge is 0.222 e. The fourth-order valence-corrected chi connectivity index (χ4v) is 5.40. The third kappa shape index (κ3) is 5.23. The molecule has 208 valence electrons. The molecule has 0 saturated carbocycles. The van der Waals surface area contributed by atoms with Gasteiger partial charge >= 0.3 is 0 Å². The van der Waals surface area contributed by atoms with Crippen molar-refractivity contribution in [2.24, 2.45) is 0 Å². The monoisotopic (exact) mass is 538 g/mol. The van der Waals surface area contributed by atoms with Crippen molar-refractivity contribution in [1.82, 2.24) is 0 Å². The molecule has 0 amide bonds. The van der Waals surface area contributed by atoms with Crippen LogP contribution in [-0.4, -0.2) is 48.6 Å². The fraction of sp³-hybridized carbons (Fsp3) is 0.294. The topological polar surface area (TPSA) is 43.4 Å². The lowest BCUT2D eigenvalue weighted by Gasteiger charge is -2.32. The van der Waals surface area contributed by atoms with Gasteiger partial charge in [-0.2, -0.15) is 0 Å². The van der Waals surface area contributed by atoms with Crippen molar-refractivity contribution in [3.05, 3.63) is 131 Å². The largest absolute Gasteiger partial charge is 0.378 e. The van der Waals surface area contributed by atoms with Gasteiger partial charge in [0.15, 0.2) is 0 Å². The summed E-state index contributed by atoms with van der Waals surface area (Å²) in [5.74, 6) is -1.83. The standard InChI is InChI=1S/C34H38N2O4/c1-35(2)31-19-15-29(16-20-31)33(37-4,38-5)28-13-11-26(12-14-28)25-36(3)32-21-17-30(18-22-32)34(39-23-24-40-34)27-9-7-6-8-10-27/h6-22H,23-25H2,1-5H3. The van der Waals surface area contributed by atoms with Gasteiger partial charge in [-0.1, -0.05) is 78.9 Å². The highest BCUT2D eigenvalue weighted by atomic mass is 16.7. The van der Waals surface area contributed by atoms with Crippen LogP contribution in [0.1, 0.15) is 27.8 Å². The first-order valence-electron chi connectivity index (χ1n) is 13.5. The zero-order chi connectivity index (χ0) is 28.2. The number of nitrogens with zero attached hydrogens (tertiary/aromatic N) is 2. The van der Waals surface area contributed by atoms with Gasteiger partial charge in [-0.05, 0) is 29.8 Å². The second-order valence-electron chi connectivity index (χ2n) is 10.2. The normalized spacial score (nSPS) is 14.7. The van der Waals surface area contributed by atoms with Crippen molar-refractivity contribution in [2.75, 3.05) is 58.4 Å². The number of rotatable bonds is 10. The molecule has 0 radical (unpaired) electrons. The van der Waals surface area contributed by atoms with Crippen molar-refractivity contribution in [3.8, 4) is 0 Å². The van der Waals surface area contributed by atoms with Gasteiger partial charge in [0.1, 0.15) is 0 Å². The summed E-state index contributed by atoms with van der Waals surface area (Å²) in [7, 11) is 9.51. The van der Waals surface area contributed by atoms with Crippen LogP contribution in [0.4, 0.5) is 11.4 Å². The van der Waals surface area contributed by atoms with E-state index < -0.39 is 11.6 Å².